The molecule has 0 radical (unpaired) electrons. The third kappa shape index (κ3) is 1.94. The number of nitrogens with two attached hydrogens (primary N) is 2. The summed E-state index contributed by atoms with van der Waals surface area (Å²) in [6.07, 6.45) is 0.976. The summed E-state index contributed by atoms with van der Waals surface area (Å²) in [5, 5.41) is 2.12. The van der Waals surface area contributed by atoms with Gasteiger partial charge >= 0.3 is 0 Å². The van der Waals surface area contributed by atoms with E-state index in [1.54, 1.807) is 23.5 Å². The highest BCUT2D eigenvalue weighted by Crippen LogP contribution is 2.39. The molecule has 5 heteroatoms. The number of nitrogens with zero attached hydrogens (tertiary/aromatic N) is 1. The predicted molar refractivity (Wildman–Crippen MR) is 83.2 cm³/mol. The van der Waals surface area contributed by atoms with Gasteiger partial charge in [0.1, 0.15) is 0 Å². The van der Waals surface area contributed by atoms with E-state index in [4.69, 9.17) is 11.5 Å². The number of hydrogen-bond donors (Lipinski definition) is 2. The molecule has 0 bridgehead atoms. The van der Waals surface area contributed by atoms with Gasteiger partial charge in [-0.25, -0.2) is 0 Å². The maximum atomic E-state index is 11.7. The van der Waals surface area contributed by atoms with Gasteiger partial charge in [-0.3, -0.25) is 4.79 Å². The molecule has 0 saturated carbocycles. The second kappa shape index (κ2) is 4.83. The molecule has 1 aliphatic rings. The molecular formula is C15H17N3OS. The number of nitrogen functional groups attached to an aromatic ring is 1. The molecule has 1 atom stereocenters. The summed E-state index contributed by atoms with van der Waals surface area (Å²) in [6.45, 7) is 2.99. The molecular weight excluding hydrogens is 270 g/mol. The van der Waals surface area contributed by atoms with Crippen molar-refractivity contribution >= 4 is 28.6 Å². The van der Waals surface area contributed by atoms with E-state index in [1.165, 1.54) is 10.4 Å². The van der Waals surface area contributed by atoms with E-state index in [0.717, 1.165) is 18.7 Å². The maximum absolute atomic E-state index is 11.7. The third-order valence-electron chi connectivity index (χ3n) is 3.90. The highest BCUT2D eigenvalue weighted by Gasteiger charge is 2.28. The predicted octanol–water partition coefficient (Wildman–Crippen LogP) is 2.55. The Morgan fingerprint density at radius 1 is 1.40 bits per heavy atom. The fourth-order valence-corrected chi connectivity index (χ4v) is 3.86. The lowest BCUT2D eigenvalue weighted by Crippen LogP contribution is -2.35. The Balaban J connectivity index is 2.09. The van der Waals surface area contributed by atoms with Crippen LogP contribution >= 0.6 is 11.3 Å². The van der Waals surface area contributed by atoms with E-state index in [1.807, 2.05) is 6.07 Å². The average Bonchev–Trinajstić information content (AvgIpc) is 2.89. The minimum Gasteiger partial charge on any atom is -0.397 e. The van der Waals surface area contributed by atoms with Crippen LogP contribution in [-0.4, -0.2) is 12.5 Å². The Kier molecular flexibility index (Phi) is 3.14. The molecule has 3 rings (SSSR count). The van der Waals surface area contributed by atoms with Crippen LogP contribution in [0.2, 0.25) is 0 Å². The molecule has 1 unspecified atom stereocenters. The standard InChI is InChI=1S/C15H17N3OS/c1-9-10-6-8-20-13(10)5-7-18(9)14-11(15(17)19)3-2-4-12(14)16/h2-4,6,8-9H,5,7,16H2,1H3,(H2,17,19). The Morgan fingerprint density at radius 2 is 2.20 bits per heavy atom. The molecule has 0 spiro atoms. The summed E-state index contributed by atoms with van der Waals surface area (Å²) >= 11 is 1.79. The zero-order chi connectivity index (χ0) is 14.3. The first kappa shape index (κ1) is 13.0. The van der Waals surface area contributed by atoms with Crippen molar-refractivity contribution in [2.45, 2.75) is 19.4 Å². The molecule has 4 nitrogen and oxygen atoms in total. The number of fused-ring (bicyclic) bond motifs is 1. The maximum Gasteiger partial charge on any atom is 0.250 e. The van der Waals surface area contributed by atoms with E-state index < -0.39 is 5.91 Å². The number of carbonyl (C=O) groups is 1. The first-order chi connectivity index (χ1) is 9.59. The van der Waals surface area contributed by atoms with Gasteiger partial charge in [0.15, 0.2) is 0 Å². The van der Waals surface area contributed by atoms with E-state index in [-0.39, 0.29) is 6.04 Å². The Labute approximate surface area is 122 Å². The van der Waals surface area contributed by atoms with E-state index in [0.29, 0.717) is 11.3 Å². The number of benzene rings is 1. The normalized spacial score (nSPS) is 17.9. The summed E-state index contributed by atoms with van der Waals surface area (Å²) in [6, 6.07) is 7.68. The second-order valence-electron chi connectivity index (χ2n) is 5.03. The summed E-state index contributed by atoms with van der Waals surface area (Å²) in [4.78, 5) is 15.3. The van der Waals surface area contributed by atoms with Crippen LogP contribution in [0.3, 0.4) is 0 Å². The SMILES string of the molecule is CC1c2ccsc2CCN1c1c(N)cccc1C(N)=O. The Hall–Kier alpha value is -2.01. The smallest absolute Gasteiger partial charge is 0.250 e. The Bertz CT molecular complexity index is 665. The van der Waals surface area contributed by atoms with Crippen molar-refractivity contribution in [2.75, 3.05) is 17.2 Å². The topological polar surface area (TPSA) is 72.3 Å². The summed E-state index contributed by atoms with van der Waals surface area (Å²) in [5.74, 6) is -0.435. The van der Waals surface area contributed by atoms with Gasteiger partial charge in [-0.05, 0) is 42.5 Å². The fourth-order valence-electron chi connectivity index (χ4n) is 2.90. The molecule has 2 aromatic rings. The quantitative estimate of drug-likeness (QED) is 0.834. The lowest BCUT2D eigenvalue weighted by molar-refractivity contribution is 0.100. The van der Waals surface area contributed by atoms with Crippen molar-refractivity contribution in [3.63, 3.8) is 0 Å². The number of amides is 1. The molecule has 0 fully saturated rings. The largest absolute Gasteiger partial charge is 0.397 e. The second-order valence-corrected chi connectivity index (χ2v) is 6.03. The van der Waals surface area contributed by atoms with Gasteiger partial charge in [0.2, 0.25) is 0 Å². The van der Waals surface area contributed by atoms with Gasteiger partial charge in [0.05, 0.1) is 23.0 Å². The minimum atomic E-state index is -0.435. The lowest BCUT2D eigenvalue weighted by atomic mass is 9.98. The molecule has 1 aromatic heterocycles. The zero-order valence-corrected chi connectivity index (χ0v) is 12.1. The van der Waals surface area contributed by atoms with Crippen LogP contribution in [0, 0.1) is 0 Å². The van der Waals surface area contributed by atoms with Gasteiger partial charge in [-0.1, -0.05) is 6.07 Å². The number of primary amides is 1. The van der Waals surface area contributed by atoms with E-state index >= 15 is 0 Å². The van der Waals surface area contributed by atoms with E-state index in [9.17, 15) is 4.79 Å². The van der Waals surface area contributed by atoms with Gasteiger partial charge in [-0.2, -0.15) is 0 Å². The Morgan fingerprint density at radius 3 is 2.95 bits per heavy atom. The molecule has 1 aromatic carbocycles. The van der Waals surface area contributed by atoms with Crippen LogP contribution in [0.1, 0.15) is 33.8 Å². The highest BCUT2D eigenvalue weighted by atomic mass is 32.1. The zero-order valence-electron chi connectivity index (χ0n) is 11.3. The molecule has 0 aliphatic carbocycles. The van der Waals surface area contributed by atoms with E-state index in [2.05, 4.69) is 23.3 Å². The van der Waals surface area contributed by atoms with Crippen LogP contribution in [0.15, 0.2) is 29.6 Å². The van der Waals surface area contributed by atoms with Crippen LogP contribution < -0.4 is 16.4 Å². The molecule has 1 aliphatic heterocycles. The number of hydrogen-bond acceptors (Lipinski definition) is 4. The number of rotatable bonds is 2. The number of anilines is 2. The molecule has 4 N–H and O–H groups in total. The van der Waals surface area contributed by atoms with Crippen molar-refractivity contribution in [1.29, 1.82) is 0 Å². The lowest BCUT2D eigenvalue weighted by Gasteiger charge is -2.37. The van der Waals surface area contributed by atoms with Gasteiger partial charge in [0, 0.05) is 11.4 Å². The third-order valence-corrected chi connectivity index (χ3v) is 4.89. The molecule has 20 heavy (non-hydrogen) atoms. The summed E-state index contributed by atoms with van der Waals surface area (Å²) < 4.78 is 0. The van der Waals surface area contributed by atoms with Crippen LogP contribution in [-0.2, 0) is 6.42 Å². The summed E-state index contributed by atoms with van der Waals surface area (Å²) in [7, 11) is 0. The van der Waals surface area contributed by atoms with Crippen LogP contribution in [0.5, 0.6) is 0 Å². The molecule has 2 heterocycles. The minimum absolute atomic E-state index is 0.202. The van der Waals surface area contributed by atoms with Gasteiger partial charge in [0.25, 0.3) is 5.91 Å². The first-order valence-electron chi connectivity index (χ1n) is 6.60. The van der Waals surface area contributed by atoms with Crippen LogP contribution in [0.4, 0.5) is 11.4 Å². The molecule has 0 saturated heterocycles. The van der Waals surface area contributed by atoms with Crippen molar-refractivity contribution < 1.29 is 4.79 Å². The highest BCUT2D eigenvalue weighted by molar-refractivity contribution is 7.10. The van der Waals surface area contributed by atoms with Crippen molar-refractivity contribution in [2.24, 2.45) is 5.73 Å². The monoisotopic (exact) mass is 287 g/mol. The summed E-state index contributed by atoms with van der Waals surface area (Å²) in [5.41, 5.74) is 14.8. The van der Waals surface area contributed by atoms with Gasteiger partial charge in [-0.15, -0.1) is 11.3 Å². The van der Waals surface area contributed by atoms with Crippen molar-refractivity contribution in [3.05, 3.63) is 45.6 Å². The average molecular weight is 287 g/mol. The number of carbonyl (C=O) groups excluding carboxylic acids is 1. The van der Waals surface area contributed by atoms with Gasteiger partial charge < -0.3 is 16.4 Å². The van der Waals surface area contributed by atoms with Crippen molar-refractivity contribution in [1.82, 2.24) is 0 Å². The first-order valence-corrected chi connectivity index (χ1v) is 7.48. The number of para-hydroxylation sites is 1. The fraction of sp³-hybridized carbons (Fsp3) is 0.267. The number of thiophene rings is 1. The molecule has 104 valence electrons. The van der Waals surface area contributed by atoms with Crippen LogP contribution in [0.25, 0.3) is 0 Å². The molecule has 1 amide bonds. The van der Waals surface area contributed by atoms with Crippen molar-refractivity contribution in [3.8, 4) is 0 Å².